The fourth-order valence-electron chi connectivity index (χ4n) is 1.65. The Bertz CT molecular complexity index is 581. The summed E-state index contributed by atoms with van der Waals surface area (Å²) in [6, 6.07) is 9.01. The van der Waals surface area contributed by atoms with Crippen molar-refractivity contribution in [2.24, 2.45) is 5.73 Å². The maximum absolute atomic E-state index is 11.7. The van der Waals surface area contributed by atoms with Crippen molar-refractivity contribution in [2.45, 2.75) is 12.5 Å². The highest BCUT2D eigenvalue weighted by Gasteiger charge is 2.12. The van der Waals surface area contributed by atoms with Crippen LogP contribution in [0, 0.1) is 0 Å². The third kappa shape index (κ3) is 3.49. The van der Waals surface area contributed by atoms with E-state index in [2.05, 4.69) is 21.9 Å². The molecule has 0 aliphatic carbocycles. The van der Waals surface area contributed by atoms with E-state index in [1.165, 1.54) is 0 Å². The minimum Gasteiger partial charge on any atom is -0.322 e. The lowest BCUT2D eigenvalue weighted by molar-refractivity contribution is -0.117. The summed E-state index contributed by atoms with van der Waals surface area (Å²) >= 11 is 0. The van der Waals surface area contributed by atoms with Crippen molar-refractivity contribution in [1.29, 1.82) is 0 Å². The number of nitrogens with two attached hydrogens (primary N) is 1. The van der Waals surface area contributed by atoms with Crippen LogP contribution in [0.15, 0.2) is 55.4 Å². The molecule has 0 saturated heterocycles. The Kier molecular flexibility index (Phi) is 4.57. The van der Waals surface area contributed by atoms with Gasteiger partial charge in [-0.1, -0.05) is 36.4 Å². The second-order valence-electron chi connectivity index (χ2n) is 4.28. The molecule has 2 aromatic rings. The number of benzene rings is 1. The van der Waals surface area contributed by atoms with Gasteiger partial charge in [0.15, 0.2) is 5.82 Å². The molecule has 1 atom stereocenters. The van der Waals surface area contributed by atoms with Crippen LogP contribution in [0.5, 0.6) is 0 Å². The Balaban J connectivity index is 2.05. The number of aromatic nitrogens is 2. The first-order valence-corrected chi connectivity index (χ1v) is 6.25. The number of rotatable bonds is 5. The molecule has 0 aliphatic heterocycles. The molecule has 5 nitrogen and oxygen atoms in total. The lowest BCUT2D eigenvalue weighted by atomic mass is 10.2. The molecule has 5 heteroatoms. The summed E-state index contributed by atoms with van der Waals surface area (Å²) in [6.45, 7) is 3.55. The van der Waals surface area contributed by atoms with E-state index in [9.17, 15) is 4.79 Å². The zero-order valence-corrected chi connectivity index (χ0v) is 11.0. The van der Waals surface area contributed by atoms with E-state index in [1.54, 1.807) is 18.5 Å². The van der Waals surface area contributed by atoms with E-state index in [-0.39, 0.29) is 5.91 Å². The number of hydrogen-bond donors (Lipinski definition) is 2. The van der Waals surface area contributed by atoms with Gasteiger partial charge in [0, 0.05) is 5.56 Å². The van der Waals surface area contributed by atoms with Gasteiger partial charge in [0.25, 0.3) is 0 Å². The number of anilines is 1. The summed E-state index contributed by atoms with van der Waals surface area (Å²) in [7, 11) is 0. The fourth-order valence-corrected chi connectivity index (χ4v) is 1.65. The first-order chi connectivity index (χ1) is 9.70. The van der Waals surface area contributed by atoms with Crippen LogP contribution in [0.3, 0.4) is 0 Å². The SMILES string of the molecule is C=CCC(N)C(=O)Nc1cnc(-c2ccccc2)nc1. The van der Waals surface area contributed by atoms with E-state index in [4.69, 9.17) is 5.73 Å². The number of amides is 1. The van der Waals surface area contributed by atoms with Crippen molar-refractivity contribution in [3.8, 4) is 11.4 Å². The Labute approximate surface area is 117 Å². The van der Waals surface area contributed by atoms with Crippen LogP contribution in [0.4, 0.5) is 5.69 Å². The van der Waals surface area contributed by atoms with Crippen LogP contribution in [0.2, 0.25) is 0 Å². The molecule has 20 heavy (non-hydrogen) atoms. The summed E-state index contributed by atoms with van der Waals surface area (Å²) < 4.78 is 0. The van der Waals surface area contributed by atoms with Gasteiger partial charge in [-0.3, -0.25) is 4.79 Å². The zero-order chi connectivity index (χ0) is 14.4. The maximum atomic E-state index is 11.7. The lowest BCUT2D eigenvalue weighted by Crippen LogP contribution is -2.35. The predicted octanol–water partition coefficient (Wildman–Crippen LogP) is 1.99. The summed E-state index contributed by atoms with van der Waals surface area (Å²) in [5.41, 5.74) is 7.12. The molecule has 0 saturated carbocycles. The van der Waals surface area contributed by atoms with Crippen LogP contribution in [-0.4, -0.2) is 21.9 Å². The monoisotopic (exact) mass is 268 g/mol. The van der Waals surface area contributed by atoms with Crippen molar-refractivity contribution >= 4 is 11.6 Å². The highest BCUT2D eigenvalue weighted by Crippen LogP contribution is 2.14. The van der Waals surface area contributed by atoms with Crippen molar-refractivity contribution in [3.05, 3.63) is 55.4 Å². The standard InChI is InChI=1S/C15H16N4O/c1-2-6-13(16)15(20)19-12-9-17-14(18-10-12)11-7-4-3-5-8-11/h2-5,7-10,13H,1,6,16H2,(H,19,20). The van der Waals surface area contributed by atoms with Gasteiger partial charge < -0.3 is 11.1 Å². The Hall–Kier alpha value is -2.53. The van der Waals surface area contributed by atoms with Gasteiger partial charge in [0.2, 0.25) is 5.91 Å². The highest BCUT2D eigenvalue weighted by molar-refractivity contribution is 5.94. The minimum atomic E-state index is -0.610. The van der Waals surface area contributed by atoms with Gasteiger partial charge in [-0.2, -0.15) is 0 Å². The fraction of sp³-hybridized carbons (Fsp3) is 0.133. The molecule has 0 fully saturated rings. The number of carbonyl (C=O) groups excluding carboxylic acids is 1. The van der Waals surface area contributed by atoms with Gasteiger partial charge in [-0.05, 0) is 6.42 Å². The van der Waals surface area contributed by atoms with Gasteiger partial charge in [-0.25, -0.2) is 9.97 Å². The van der Waals surface area contributed by atoms with Crippen LogP contribution < -0.4 is 11.1 Å². The number of hydrogen-bond acceptors (Lipinski definition) is 4. The Morgan fingerprint density at radius 1 is 1.30 bits per heavy atom. The molecule has 1 aromatic heterocycles. The van der Waals surface area contributed by atoms with Crippen LogP contribution in [0.25, 0.3) is 11.4 Å². The lowest BCUT2D eigenvalue weighted by Gasteiger charge is -2.10. The average Bonchev–Trinajstić information content (AvgIpc) is 2.49. The Morgan fingerprint density at radius 2 is 1.95 bits per heavy atom. The molecule has 2 rings (SSSR count). The van der Waals surface area contributed by atoms with E-state index in [0.29, 0.717) is 17.9 Å². The molecule has 0 aliphatic rings. The smallest absolute Gasteiger partial charge is 0.241 e. The normalized spacial score (nSPS) is 11.7. The minimum absolute atomic E-state index is 0.277. The molecule has 1 aromatic carbocycles. The van der Waals surface area contributed by atoms with Crippen molar-refractivity contribution < 1.29 is 4.79 Å². The predicted molar refractivity (Wildman–Crippen MR) is 78.9 cm³/mol. The highest BCUT2D eigenvalue weighted by atomic mass is 16.2. The topological polar surface area (TPSA) is 80.9 Å². The van der Waals surface area contributed by atoms with Crippen LogP contribution in [0.1, 0.15) is 6.42 Å². The molecule has 1 unspecified atom stereocenters. The maximum Gasteiger partial charge on any atom is 0.241 e. The summed E-state index contributed by atoms with van der Waals surface area (Å²) in [5, 5.41) is 2.67. The van der Waals surface area contributed by atoms with E-state index in [1.807, 2.05) is 30.3 Å². The first-order valence-electron chi connectivity index (χ1n) is 6.25. The van der Waals surface area contributed by atoms with E-state index < -0.39 is 6.04 Å². The quantitative estimate of drug-likeness (QED) is 0.812. The van der Waals surface area contributed by atoms with Gasteiger partial charge >= 0.3 is 0 Å². The van der Waals surface area contributed by atoms with Gasteiger partial charge in [-0.15, -0.1) is 6.58 Å². The van der Waals surface area contributed by atoms with Crippen molar-refractivity contribution in [2.75, 3.05) is 5.32 Å². The number of carbonyl (C=O) groups is 1. The molecule has 102 valence electrons. The average molecular weight is 268 g/mol. The third-order valence-electron chi connectivity index (χ3n) is 2.71. The summed E-state index contributed by atoms with van der Waals surface area (Å²) in [6.07, 6.45) is 5.16. The van der Waals surface area contributed by atoms with Crippen LogP contribution >= 0.6 is 0 Å². The molecule has 1 heterocycles. The van der Waals surface area contributed by atoms with Crippen LogP contribution in [-0.2, 0) is 4.79 Å². The molecule has 0 radical (unpaired) electrons. The molecular weight excluding hydrogens is 252 g/mol. The van der Waals surface area contributed by atoms with E-state index >= 15 is 0 Å². The number of nitrogens with zero attached hydrogens (tertiary/aromatic N) is 2. The second kappa shape index (κ2) is 6.58. The largest absolute Gasteiger partial charge is 0.322 e. The third-order valence-corrected chi connectivity index (χ3v) is 2.71. The summed E-state index contributed by atoms with van der Waals surface area (Å²) in [5.74, 6) is 0.333. The zero-order valence-electron chi connectivity index (χ0n) is 11.0. The van der Waals surface area contributed by atoms with Crippen molar-refractivity contribution in [3.63, 3.8) is 0 Å². The summed E-state index contributed by atoms with van der Waals surface area (Å²) in [4.78, 5) is 20.2. The molecule has 3 N–H and O–H groups in total. The molecule has 0 bridgehead atoms. The Morgan fingerprint density at radius 3 is 2.55 bits per heavy atom. The first kappa shape index (κ1) is 13.9. The van der Waals surface area contributed by atoms with E-state index in [0.717, 1.165) is 5.56 Å². The van der Waals surface area contributed by atoms with Gasteiger partial charge in [0.1, 0.15) is 0 Å². The van der Waals surface area contributed by atoms with Crippen molar-refractivity contribution in [1.82, 2.24) is 9.97 Å². The molecule has 1 amide bonds. The molecular formula is C15H16N4O. The molecule has 0 spiro atoms. The van der Waals surface area contributed by atoms with Gasteiger partial charge in [0.05, 0.1) is 24.1 Å². The second-order valence-corrected chi connectivity index (χ2v) is 4.28. The number of nitrogens with one attached hydrogen (secondary N) is 1.